The summed E-state index contributed by atoms with van der Waals surface area (Å²) in [6, 6.07) is 5.76. The molecule has 0 bridgehead atoms. The van der Waals surface area contributed by atoms with E-state index in [1.807, 2.05) is 25.3 Å². The maximum absolute atomic E-state index is 9.06. The van der Waals surface area contributed by atoms with Crippen LogP contribution in [-0.2, 0) is 6.54 Å². The minimum Gasteiger partial charge on any atom is -0.316 e. The topological polar surface area (TPSA) is 90.3 Å². The Morgan fingerprint density at radius 2 is 2.17 bits per heavy atom. The summed E-state index contributed by atoms with van der Waals surface area (Å²) in [6.07, 6.45) is 4.83. The van der Waals surface area contributed by atoms with Gasteiger partial charge in [-0.2, -0.15) is 10.5 Å². The molecule has 6 nitrogen and oxygen atoms in total. The van der Waals surface area contributed by atoms with Gasteiger partial charge in [0.05, 0.1) is 11.9 Å². The summed E-state index contributed by atoms with van der Waals surface area (Å²) >= 11 is 0. The quantitative estimate of drug-likeness (QED) is 0.851. The molecule has 0 aromatic carbocycles. The van der Waals surface area contributed by atoms with Crippen LogP contribution in [0.1, 0.15) is 17.0 Å². The lowest BCUT2D eigenvalue weighted by Gasteiger charge is -2.05. The molecule has 0 fully saturated rings. The van der Waals surface area contributed by atoms with Gasteiger partial charge in [0.15, 0.2) is 11.4 Å². The SMILES string of the molecule is CNCc1cncc(-n2cnc(C#N)c2C#N)c1. The van der Waals surface area contributed by atoms with Crippen molar-refractivity contribution in [1.29, 1.82) is 10.5 Å². The van der Waals surface area contributed by atoms with Gasteiger partial charge < -0.3 is 5.32 Å². The Kier molecular flexibility index (Phi) is 3.33. The van der Waals surface area contributed by atoms with Crippen LogP contribution in [0.15, 0.2) is 24.8 Å². The van der Waals surface area contributed by atoms with Gasteiger partial charge in [0.2, 0.25) is 0 Å². The highest BCUT2D eigenvalue weighted by atomic mass is 15.1. The van der Waals surface area contributed by atoms with Crippen molar-refractivity contribution in [2.75, 3.05) is 7.05 Å². The average molecular weight is 238 g/mol. The average Bonchev–Trinajstić information content (AvgIpc) is 2.82. The van der Waals surface area contributed by atoms with Gasteiger partial charge in [0.25, 0.3) is 0 Å². The van der Waals surface area contributed by atoms with Crippen LogP contribution >= 0.6 is 0 Å². The molecule has 0 atom stereocenters. The first-order valence-corrected chi connectivity index (χ1v) is 5.26. The molecule has 0 amide bonds. The number of hydrogen-bond donors (Lipinski definition) is 1. The second-order valence-electron chi connectivity index (χ2n) is 3.62. The first-order chi connectivity index (χ1) is 8.80. The molecule has 0 aliphatic rings. The van der Waals surface area contributed by atoms with Gasteiger partial charge in [-0.15, -0.1) is 0 Å². The Hall–Kier alpha value is -2.70. The lowest BCUT2D eigenvalue weighted by atomic mass is 10.2. The molecule has 2 heterocycles. The zero-order chi connectivity index (χ0) is 13.0. The molecule has 0 aliphatic heterocycles. The summed E-state index contributed by atoms with van der Waals surface area (Å²) in [4.78, 5) is 8.00. The third-order valence-corrected chi connectivity index (χ3v) is 2.42. The Morgan fingerprint density at radius 3 is 2.83 bits per heavy atom. The number of nitriles is 2. The van der Waals surface area contributed by atoms with Gasteiger partial charge >= 0.3 is 0 Å². The number of rotatable bonds is 3. The van der Waals surface area contributed by atoms with Crippen LogP contribution in [-0.4, -0.2) is 21.6 Å². The van der Waals surface area contributed by atoms with Crippen molar-refractivity contribution < 1.29 is 0 Å². The molecule has 6 heteroatoms. The normalized spacial score (nSPS) is 9.72. The van der Waals surface area contributed by atoms with Crippen LogP contribution in [0.5, 0.6) is 0 Å². The number of pyridine rings is 1. The molecule has 88 valence electrons. The molecule has 18 heavy (non-hydrogen) atoms. The second-order valence-corrected chi connectivity index (χ2v) is 3.62. The zero-order valence-electron chi connectivity index (χ0n) is 9.75. The lowest BCUT2D eigenvalue weighted by molar-refractivity contribution is 0.810. The fraction of sp³-hybridized carbons (Fsp3) is 0.167. The van der Waals surface area contributed by atoms with Crippen molar-refractivity contribution in [3.8, 4) is 17.8 Å². The highest BCUT2D eigenvalue weighted by Crippen LogP contribution is 2.14. The Labute approximate surface area is 104 Å². The van der Waals surface area contributed by atoms with E-state index in [0.29, 0.717) is 12.2 Å². The van der Waals surface area contributed by atoms with Crippen LogP contribution < -0.4 is 5.32 Å². The number of aromatic nitrogens is 3. The first kappa shape index (κ1) is 11.8. The molecule has 0 aliphatic carbocycles. The molecule has 0 radical (unpaired) electrons. The minimum absolute atomic E-state index is 0.122. The molecular weight excluding hydrogens is 228 g/mol. The number of nitrogens with one attached hydrogen (secondary N) is 1. The maximum atomic E-state index is 9.06. The summed E-state index contributed by atoms with van der Waals surface area (Å²) < 4.78 is 1.56. The van der Waals surface area contributed by atoms with Gasteiger partial charge in [-0.1, -0.05) is 0 Å². The van der Waals surface area contributed by atoms with E-state index in [1.165, 1.54) is 6.33 Å². The van der Waals surface area contributed by atoms with Crippen LogP contribution in [0, 0.1) is 22.7 Å². The van der Waals surface area contributed by atoms with E-state index in [-0.39, 0.29) is 11.4 Å². The third kappa shape index (κ3) is 2.05. The standard InChI is InChI=1S/C12H10N6/c1-15-5-9-2-10(7-16-6-9)18-8-17-11(3-13)12(18)4-14/h2,6-8,15H,5H2,1H3. The highest BCUT2D eigenvalue weighted by molar-refractivity contribution is 5.44. The Balaban J connectivity index is 2.50. The molecule has 0 spiro atoms. The minimum atomic E-state index is 0.122. The fourth-order valence-electron chi connectivity index (χ4n) is 1.64. The Bertz CT molecular complexity index is 643. The van der Waals surface area contributed by atoms with Crippen molar-refractivity contribution in [2.45, 2.75) is 6.54 Å². The van der Waals surface area contributed by atoms with E-state index >= 15 is 0 Å². The summed E-state index contributed by atoms with van der Waals surface area (Å²) in [5, 5.41) is 20.9. The van der Waals surface area contributed by atoms with Crippen LogP contribution in [0.2, 0.25) is 0 Å². The third-order valence-electron chi connectivity index (χ3n) is 2.42. The van der Waals surface area contributed by atoms with Gasteiger partial charge in [-0.05, 0) is 18.7 Å². The molecule has 2 aromatic heterocycles. The van der Waals surface area contributed by atoms with E-state index in [2.05, 4.69) is 15.3 Å². The Morgan fingerprint density at radius 1 is 1.33 bits per heavy atom. The predicted molar refractivity (Wildman–Crippen MR) is 63.6 cm³/mol. The monoisotopic (exact) mass is 238 g/mol. The van der Waals surface area contributed by atoms with E-state index in [4.69, 9.17) is 10.5 Å². The molecule has 0 saturated carbocycles. The molecular formula is C12H10N6. The van der Waals surface area contributed by atoms with E-state index < -0.39 is 0 Å². The zero-order valence-corrected chi connectivity index (χ0v) is 9.75. The molecule has 2 aromatic rings. The molecule has 1 N–H and O–H groups in total. The molecule has 2 rings (SSSR count). The van der Waals surface area contributed by atoms with Gasteiger partial charge in [0.1, 0.15) is 18.5 Å². The van der Waals surface area contributed by atoms with Crippen molar-refractivity contribution >= 4 is 0 Å². The van der Waals surface area contributed by atoms with Crippen molar-refractivity contribution in [2.24, 2.45) is 0 Å². The maximum Gasteiger partial charge on any atom is 0.177 e. The first-order valence-electron chi connectivity index (χ1n) is 5.26. The van der Waals surface area contributed by atoms with E-state index in [1.54, 1.807) is 17.0 Å². The lowest BCUT2D eigenvalue weighted by Crippen LogP contribution is -2.06. The molecule has 0 saturated heterocycles. The second kappa shape index (κ2) is 5.09. The van der Waals surface area contributed by atoms with E-state index in [0.717, 1.165) is 5.56 Å². The van der Waals surface area contributed by atoms with Crippen molar-refractivity contribution in [3.05, 3.63) is 41.7 Å². The number of nitrogens with zero attached hydrogens (tertiary/aromatic N) is 5. The van der Waals surface area contributed by atoms with E-state index in [9.17, 15) is 0 Å². The number of imidazole rings is 1. The summed E-state index contributed by atoms with van der Waals surface area (Å²) in [7, 11) is 1.85. The summed E-state index contributed by atoms with van der Waals surface area (Å²) in [5.41, 5.74) is 2.05. The van der Waals surface area contributed by atoms with Crippen molar-refractivity contribution in [1.82, 2.24) is 19.9 Å². The van der Waals surface area contributed by atoms with Crippen LogP contribution in [0.4, 0.5) is 0 Å². The predicted octanol–water partition coefficient (Wildman–Crippen LogP) is 0.730. The van der Waals surface area contributed by atoms with Crippen molar-refractivity contribution in [3.63, 3.8) is 0 Å². The van der Waals surface area contributed by atoms with Gasteiger partial charge in [-0.3, -0.25) is 9.55 Å². The van der Waals surface area contributed by atoms with Crippen LogP contribution in [0.3, 0.4) is 0 Å². The van der Waals surface area contributed by atoms with Gasteiger partial charge in [0, 0.05) is 12.7 Å². The number of hydrogen-bond acceptors (Lipinski definition) is 5. The smallest absolute Gasteiger partial charge is 0.177 e. The highest BCUT2D eigenvalue weighted by Gasteiger charge is 2.11. The summed E-state index contributed by atoms with van der Waals surface area (Å²) in [6.45, 7) is 0.683. The molecule has 0 unspecified atom stereocenters. The fourth-order valence-corrected chi connectivity index (χ4v) is 1.64. The summed E-state index contributed by atoms with van der Waals surface area (Å²) in [5.74, 6) is 0. The van der Waals surface area contributed by atoms with Gasteiger partial charge in [-0.25, -0.2) is 4.98 Å². The van der Waals surface area contributed by atoms with Crippen LogP contribution in [0.25, 0.3) is 5.69 Å². The largest absolute Gasteiger partial charge is 0.316 e.